The highest BCUT2D eigenvalue weighted by atomic mass is 32.1. The third-order valence-electron chi connectivity index (χ3n) is 5.21. The van der Waals surface area contributed by atoms with E-state index >= 15 is 0 Å². The van der Waals surface area contributed by atoms with E-state index in [2.05, 4.69) is 30.6 Å². The van der Waals surface area contributed by atoms with E-state index < -0.39 is 11.0 Å². The summed E-state index contributed by atoms with van der Waals surface area (Å²) in [5.74, 6) is 1.06. The summed E-state index contributed by atoms with van der Waals surface area (Å²) in [6.07, 6.45) is 2.77. The van der Waals surface area contributed by atoms with Gasteiger partial charge in [0.25, 0.3) is 0 Å². The van der Waals surface area contributed by atoms with Crippen molar-refractivity contribution in [1.29, 1.82) is 0 Å². The molecule has 4 amide bonds. The summed E-state index contributed by atoms with van der Waals surface area (Å²) in [4.78, 5) is 54.7. The Morgan fingerprint density at radius 1 is 0.971 bits per heavy atom. The summed E-state index contributed by atoms with van der Waals surface area (Å²) in [5.41, 5.74) is 6.68. The summed E-state index contributed by atoms with van der Waals surface area (Å²) < 4.78 is 30.0. The second kappa shape index (κ2) is 8.88. The van der Waals surface area contributed by atoms with Crippen molar-refractivity contribution in [2.24, 2.45) is 0 Å². The molecule has 16 heteroatoms. The number of nitro groups is 1. The van der Waals surface area contributed by atoms with Crippen LogP contribution in [0.1, 0.15) is 31.6 Å². The Bertz CT molecular complexity index is 1530. The predicted octanol–water partition coefficient (Wildman–Crippen LogP) is 5.24. The number of nitrogens with zero attached hydrogens (tertiary/aromatic N) is 7. The Morgan fingerprint density at radius 2 is 1.46 bits per heavy atom. The number of nitrogen functional groups attached to an aromatic ring is 1. The van der Waals surface area contributed by atoms with Crippen molar-refractivity contribution in [3.05, 3.63) is 22.8 Å². The number of carbonyl (C=O) groups excluding carboxylic acids is 2. The largest absolute Gasteiger partial charge is 0.389 e. The second-order valence-electron chi connectivity index (χ2n) is 6.98. The monoisotopic (exact) mass is 531 g/mol. The van der Waals surface area contributed by atoms with Crippen molar-refractivity contribution in [2.75, 3.05) is 39.3 Å². The van der Waals surface area contributed by atoms with Crippen molar-refractivity contribution in [3.8, 4) is 0 Å². The molecule has 4 aromatic rings. The van der Waals surface area contributed by atoms with Crippen LogP contribution in [-0.2, 0) is 0 Å². The van der Waals surface area contributed by atoms with Gasteiger partial charge in [-0.25, -0.2) is 29.5 Å². The number of hydrogen-bond acceptors (Lipinski definition) is 11. The highest BCUT2D eigenvalue weighted by molar-refractivity contribution is 7.23. The third-order valence-corrected chi connectivity index (χ3v) is 7.19. The molecule has 0 saturated heterocycles. The first kappa shape index (κ1) is 20.2. The van der Waals surface area contributed by atoms with Crippen LogP contribution in [0.3, 0.4) is 0 Å². The molecular weight excluding hydrogens is 496 g/mol. The van der Waals surface area contributed by atoms with Gasteiger partial charge < -0.3 is 16.4 Å². The number of hydrogen-bond donors (Lipinski definition) is 3. The lowest BCUT2D eigenvalue weighted by Crippen LogP contribution is -2.38. The molecule has 4 N–H and O–H groups in total. The number of nitrogens with two attached hydrogens (primary N) is 1. The minimum atomic E-state index is -0.520. The van der Waals surface area contributed by atoms with Gasteiger partial charge in [0.05, 0.1) is 21.4 Å². The quantitative estimate of drug-likeness (QED) is 0.235. The summed E-state index contributed by atoms with van der Waals surface area (Å²) in [7, 11) is 0. The molecule has 4 aromatic heterocycles. The van der Waals surface area contributed by atoms with Crippen LogP contribution < -0.4 is 26.2 Å². The molecule has 0 saturated carbocycles. The van der Waals surface area contributed by atoms with Crippen LogP contribution in [-0.4, -0.2) is 50.0 Å². The Balaban J connectivity index is 0.000000656. The van der Waals surface area contributed by atoms with E-state index in [4.69, 9.17) is 14.6 Å². The highest BCUT2D eigenvalue weighted by Crippen LogP contribution is 2.46. The molecule has 0 atom stereocenters. The average Bonchev–Trinajstić information content (AvgIpc) is 3.51. The molecule has 0 bridgehead atoms. The summed E-state index contributed by atoms with van der Waals surface area (Å²) >= 11 is 2.29. The van der Waals surface area contributed by atoms with Crippen LogP contribution in [0.4, 0.5) is 42.6 Å². The van der Waals surface area contributed by atoms with Crippen LogP contribution >= 0.6 is 22.7 Å². The normalized spacial score (nSPS) is 14.3. The summed E-state index contributed by atoms with van der Waals surface area (Å²) in [6, 6.07) is -0.605. The molecule has 2 aliphatic rings. The van der Waals surface area contributed by atoms with E-state index in [1.54, 1.807) is 11.8 Å². The predicted molar refractivity (Wildman–Crippen MR) is 145 cm³/mol. The summed E-state index contributed by atoms with van der Waals surface area (Å²) in [5, 5.41) is 18.1. The fourth-order valence-electron chi connectivity index (χ4n) is 3.75. The standard InChI is InChI=1S/C9H7N5O3S.C9H9N5OS.CH4.4H2/c1-2-13-6-4-5(12-9(13)15)8(14(16)17)18-7(4)11-3-10-6;1-2-14-7-4-5(13-9(14)15)6(10)16-8(4)12-3-11-7;;;;;/h3H,2H2,1H3,(H,12,15);3H,2,10H2,1H3,(H,13,15);1H4;4*1H/i;;;3*1+1D;1+1. The van der Waals surface area contributed by atoms with Gasteiger partial charge in [0, 0.05) is 23.4 Å². The molecule has 0 aromatic carbocycles. The van der Waals surface area contributed by atoms with Gasteiger partial charge in [0.1, 0.15) is 33.0 Å². The van der Waals surface area contributed by atoms with Crippen LogP contribution in [0.5, 0.6) is 0 Å². The lowest BCUT2D eigenvalue weighted by atomic mass is 10.2. The number of carbonyl (C=O) groups is 2. The number of aromatic nitrogens is 4. The molecule has 14 nitrogen and oxygen atoms in total. The van der Waals surface area contributed by atoms with Gasteiger partial charge in [-0.3, -0.25) is 19.9 Å². The SMILES string of the molecule is C.CCN1C(=O)Nc2c(N)sc3ncnc1c23.CCN1C(=O)Nc2c([N+](=O)[O-])sc3ncnc1c23.[2HH].[2H][2H].[2H][2H].[2H][2H]. The number of nitrogens with one attached hydrogen (secondary N) is 2. The van der Waals surface area contributed by atoms with Crippen molar-refractivity contribution >= 4 is 88.2 Å². The van der Waals surface area contributed by atoms with Crippen molar-refractivity contribution < 1.29 is 24.8 Å². The minimum absolute atomic E-state index is 0. The van der Waals surface area contributed by atoms with Gasteiger partial charge in [0.2, 0.25) is 0 Å². The van der Waals surface area contributed by atoms with Crippen LogP contribution in [0.25, 0.3) is 20.4 Å². The van der Waals surface area contributed by atoms with E-state index in [9.17, 15) is 19.7 Å². The Hall–Kier alpha value is -4.18. The van der Waals surface area contributed by atoms with E-state index in [-0.39, 0.29) is 25.6 Å². The zero-order chi connectivity index (χ0) is 30.1. The van der Waals surface area contributed by atoms with Gasteiger partial charge in [-0.2, -0.15) is 0 Å². The third kappa shape index (κ3) is 3.62. The highest BCUT2D eigenvalue weighted by Gasteiger charge is 2.34. The number of thiophene rings is 2. The van der Waals surface area contributed by atoms with Crippen LogP contribution in [0.2, 0.25) is 0 Å². The van der Waals surface area contributed by atoms with Crippen molar-refractivity contribution in [3.63, 3.8) is 0 Å². The Kier molecular flexibility index (Phi) is 5.13. The molecule has 190 valence electrons. The fourth-order valence-corrected chi connectivity index (χ4v) is 5.51. The van der Waals surface area contributed by atoms with E-state index in [1.165, 1.54) is 28.9 Å². The maximum atomic E-state index is 11.8. The number of amides is 4. The van der Waals surface area contributed by atoms with Gasteiger partial charge >= 0.3 is 17.1 Å². The molecule has 0 spiro atoms. The van der Waals surface area contributed by atoms with Crippen molar-refractivity contribution in [2.45, 2.75) is 21.3 Å². The number of rotatable bonds is 3. The van der Waals surface area contributed by atoms with E-state index in [1.807, 2.05) is 6.92 Å². The number of anilines is 5. The first-order valence-corrected chi connectivity index (χ1v) is 11.6. The zero-order valence-corrected chi connectivity index (χ0v) is 19.4. The molecule has 0 unspecified atom stereocenters. The molecule has 0 radical (unpaired) electrons. The molecular formula is C19H28N10O4S2. The maximum absolute atomic E-state index is 11.8. The van der Waals surface area contributed by atoms with Crippen LogP contribution in [0, 0.1) is 10.1 Å². The first-order chi connectivity index (χ1) is 19.3. The maximum Gasteiger partial charge on any atom is 0.350 e. The van der Waals surface area contributed by atoms with Gasteiger partial charge in [-0.15, -0.1) is 0 Å². The van der Waals surface area contributed by atoms with Gasteiger partial charge in [-0.05, 0) is 25.2 Å². The topological polar surface area (TPSA) is 185 Å². The van der Waals surface area contributed by atoms with E-state index in [0.717, 1.165) is 21.6 Å². The zero-order valence-electron chi connectivity index (χ0n) is 23.7. The first-order valence-electron chi connectivity index (χ1n) is 13.0. The fraction of sp³-hybridized carbons (Fsp3) is 0.263. The van der Waals surface area contributed by atoms with Gasteiger partial charge in [-0.1, -0.05) is 18.8 Å². The Morgan fingerprint density at radius 3 is 1.97 bits per heavy atom. The molecule has 0 aliphatic carbocycles. The molecule has 6 rings (SSSR count). The van der Waals surface area contributed by atoms with Crippen LogP contribution in [0.15, 0.2) is 12.7 Å². The number of urea groups is 2. The molecule has 6 heterocycles. The average molecular weight is 532 g/mol. The summed E-state index contributed by atoms with van der Waals surface area (Å²) in [6.45, 7) is 4.70. The molecule has 2 aliphatic heterocycles. The van der Waals surface area contributed by atoms with E-state index in [0.29, 0.717) is 45.6 Å². The van der Waals surface area contributed by atoms with Gasteiger partial charge in [0.15, 0.2) is 11.6 Å². The van der Waals surface area contributed by atoms with Crippen molar-refractivity contribution in [1.82, 2.24) is 19.9 Å². The lowest BCUT2D eigenvalue weighted by Gasteiger charge is -2.25. The molecule has 0 fully saturated rings. The smallest absolute Gasteiger partial charge is 0.350 e. The Labute approximate surface area is 216 Å². The minimum Gasteiger partial charge on any atom is -0.389 e. The second-order valence-corrected chi connectivity index (χ2v) is 8.99. The molecule has 35 heavy (non-hydrogen) atoms. The lowest BCUT2D eigenvalue weighted by molar-refractivity contribution is -0.379.